The second-order valence-corrected chi connectivity index (χ2v) is 5.13. The molecular formula is C12H11Cl2N3O3. The molecule has 0 aliphatic heterocycles. The van der Waals surface area contributed by atoms with E-state index >= 15 is 0 Å². The number of non-ortho nitro benzene ring substituents is 1. The number of hydrogen-bond donors (Lipinski definition) is 0. The maximum Gasteiger partial charge on any atom is 0.271 e. The van der Waals surface area contributed by atoms with Crippen molar-refractivity contribution in [3.05, 3.63) is 39.2 Å². The number of benzene rings is 1. The van der Waals surface area contributed by atoms with Crippen LogP contribution in [0, 0.1) is 10.1 Å². The fraction of sp³-hybridized carbons (Fsp3) is 0.333. The Labute approximate surface area is 124 Å². The third-order valence-corrected chi connectivity index (χ3v) is 3.24. The lowest BCUT2D eigenvalue weighted by Gasteiger charge is -1.99. The number of nitro benzene ring substituents is 1. The summed E-state index contributed by atoms with van der Waals surface area (Å²) in [6, 6.07) is 4.10. The van der Waals surface area contributed by atoms with Crippen LogP contribution in [0.25, 0.3) is 11.5 Å². The standard InChI is InChI=1S/C12H11Cl2N3O3/c1-2-3-10(14)11-15-12(20-16-11)7-4-8(13)6-9(5-7)17(18)19/h4-6,10H,2-3H2,1H3. The van der Waals surface area contributed by atoms with E-state index in [1.165, 1.54) is 18.2 Å². The van der Waals surface area contributed by atoms with Crippen molar-refractivity contribution in [1.82, 2.24) is 10.1 Å². The summed E-state index contributed by atoms with van der Waals surface area (Å²) in [4.78, 5) is 14.4. The minimum absolute atomic E-state index is 0.136. The molecule has 1 aromatic heterocycles. The maximum absolute atomic E-state index is 10.8. The first-order valence-corrected chi connectivity index (χ1v) is 6.75. The quantitative estimate of drug-likeness (QED) is 0.464. The first-order valence-electron chi connectivity index (χ1n) is 5.94. The van der Waals surface area contributed by atoms with Crippen LogP contribution in [-0.2, 0) is 0 Å². The summed E-state index contributed by atoms with van der Waals surface area (Å²) in [5.41, 5.74) is 0.256. The molecule has 2 rings (SSSR count). The van der Waals surface area contributed by atoms with E-state index < -0.39 is 4.92 Å². The Morgan fingerprint density at radius 3 is 2.85 bits per heavy atom. The van der Waals surface area contributed by atoms with E-state index in [4.69, 9.17) is 27.7 Å². The van der Waals surface area contributed by atoms with Crippen LogP contribution in [0.5, 0.6) is 0 Å². The lowest BCUT2D eigenvalue weighted by Crippen LogP contribution is -1.93. The number of hydrogen-bond acceptors (Lipinski definition) is 5. The number of nitro groups is 1. The molecule has 106 valence electrons. The van der Waals surface area contributed by atoms with Crippen molar-refractivity contribution in [1.29, 1.82) is 0 Å². The molecule has 0 fully saturated rings. The third kappa shape index (κ3) is 3.26. The van der Waals surface area contributed by atoms with Crippen molar-refractivity contribution in [2.75, 3.05) is 0 Å². The van der Waals surface area contributed by atoms with Crippen LogP contribution in [0.4, 0.5) is 5.69 Å². The van der Waals surface area contributed by atoms with E-state index in [1.54, 1.807) is 0 Å². The second-order valence-electron chi connectivity index (χ2n) is 4.17. The monoisotopic (exact) mass is 315 g/mol. The Bertz CT molecular complexity index is 630. The third-order valence-electron chi connectivity index (χ3n) is 2.60. The fourth-order valence-electron chi connectivity index (χ4n) is 1.66. The van der Waals surface area contributed by atoms with Crippen molar-refractivity contribution in [2.45, 2.75) is 25.1 Å². The lowest BCUT2D eigenvalue weighted by molar-refractivity contribution is -0.384. The lowest BCUT2D eigenvalue weighted by atomic mass is 10.2. The largest absolute Gasteiger partial charge is 0.334 e. The zero-order chi connectivity index (χ0) is 14.7. The molecular weight excluding hydrogens is 305 g/mol. The smallest absolute Gasteiger partial charge is 0.271 e. The Morgan fingerprint density at radius 1 is 1.45 bits per heavy atom. The molecule has 20 heavy (non-hydrogen) atoms. The molecule has 0 radical (unpaired) electrons. The summed E-state index contributed by atoms with van der Waals surface area (Å²) in [6.07, 6.45) is 1.61. The Morgan fingerprint density at radius 2 is 2.20 bits per heavy atom. The van der Waals surface area contributed by atoms with Gasteiger partial charge in [-0.25, -0.2) is 0 Å². The summed E-state index contributed by atoms with van der Waals surface area (Å²) in [5.74, 6) is 0.526. The first-order chi connectivity index (χ1) is 9.51. The summed E-state index contributed by atoms with van der Waals surface area (Å²) >= 11 is 11.9. The SMILES string of the molecule is CCCC(Cl)c1noc(-c2cc(Cl)cc([N+](=O)[O-])c2)n1. The molecule has 1 unspecified atom stereocenters. The van der Waals surface area contributed by atoms with E-state index in [9.17, 15) is 10.1 Å². The molecule has 0 bridgehead atoms. The molecule has 2 aromatic rings. The van der Waals surface area contributed by atoms with Gasteiger partial charge in [-0.2, -0.15) is 4.98 Å². The minimum atomic E-state index is -0.534. The van der Waals surface area contributed by atoms with Gasteiger partial charge in [0, 0.05) is 22.7 Å². The van der Waals surface area contributed by atoms with Crippen LogP contribution in [-0.4, -0.2) is 15.1 Å². The molecule has 0 N–H and O–H groups in total. The molecule has 0 saturated carbocycles. The van der Waals surface area contributed by atoms with Gasteiger partial charge in [-0.1, -0.05) is 30.1 Å². The van der Waals surface area contributed by atoms with E-state index in [0.717, 1.165) is 12.8 Å². The highest BCUT2D eigenvalue weighted by molar-refractivity contribution is 6.31. The van der Waals surface area contributed by atoms with Crippen LogP contribution in [0.15, 0.2) is 22.7 Å². The van der Waals surface area contributed by atoms with Crippen LogP contribution >= 0.6 is 23.2 Å². The van der Waals surface area contributed by atoms with Gasteiger partial charge in [0.15, 0.2) is 5.82 Å². The van der Waals surface area contributed by atoms with Gasteiger partial charge in [-0.3, -0.25) is 10.1 Å². The van der Waals surface area contributed by atoms with Gasteiger partial charge in [-0.15, -0.1) is 11.6 Å². The van der Waals surface area contributed by atoms with Crippen molar-refractivity contribution >= 4 is 28.9 Å². The topological polar surface area (TPSA) is 82.1 Å². The van der Waals surface area contributed by atoms with E-state index in [1.807, 2.05) is 6.92 Å². The molecule has 0 aliphatic rings. The average Bonchev–Trinajstić information content (AvgIpc) is 2.88. The normalized spacial score (nSPS) is 12.3. The van der Waals surface area contributed by atoms with Gasteiger partial charge < -0.3 is 4.52 Å². The number of alkyl halides is 1. The van der Waals surface area contributed by atoms with Crippen molar-refractivity contribution in [3.63, 3.8) is 0 Å². The highest BCUT2D eigenvalue weighted by Gasteiger charge is 2.18. The van der Waals surface area contributed by atoms with Crippen molar-refractivity contribution in [2.24, 2.45) is 0 Å². The molecule has 0 saturated heterocycles. The van der Waals surface area contributed by atoms with Crippen LogP contribution in [0.1, 0.15) is 31.0 Å². The van der Waals surface area contributed by atoms with Gasteiger partial charge in [0.25, 0.3) is 11.6 Å². The molecule has 0 aliphatic carbocycles. The molecule has 8 heteroatoms. The predicted octanol–water partition coefficient (Wildman–Crippen LogP) is 4.38. The molecule has 6 nitrogen and oxygen atoms in total. The van der Waals surface area contributed by atoms with Gasteiger partial charge in [0.1, 0.15) is 0 Å². The van der Waals surface area contributed by atoms with Gasteiger partial charge >= 0.3 is 0 Å². The molecule has 1 aromatic carbocycles. The van der Waals surface area contributed by atoms with Gasteiger partial charge in [0.05, 0.1) is 10.3 Å². The van der Waals surface area contributed by atoms with Crippen LogP contribution in [0.2, 0.25) is 5.02 Å². The van der Waals surface area contributed by atoms with Gasteiger partial charge in [0.2, 0.25) is 0 Å². The number of rotatable bonds is 5. The van der Waals surface area contributed by atoms with Gasteiger partial charge in [-0.05, 0) is 12.5 Å². The highest BCUT2D eigenvalue weighted by Crippen LogP contribution is 2.29. The molecule has 1 heterocycles. The van der Waals surface area contributed by atoms with E-state index in [2.05, 4.69) is 10.1 Å². The van der Waals surface area contributed by atoms with E-state index in [-0.39, 0.29) is 22.0 Å². The fourth-order valence-corrected chi connectivity index (χ4v) is 2.20. The zero-order valence-electron chi connectivity index (χ0n) is 10.5. The van der Waals surface area contributed by atoms with Crippen LogP contribution in [0.3, 0.4) is 0 Å². The Balaban J connectivity index is 2.34. The average molecular weight is 316 g/mol. The highest BCUT2D eigenvalue weighted by atomic mass is 35.5. The summed E-state index contributed by atoms with van der Waals surface area (Å²) in [7, 11) is 0. The summed E-state index contributed by atoms with van der Waals surface area (Å²) in [6.45, 7) is 2.00. The molecule has 0 amide bonds. The maximum atomic E-state index is 10.8. The number of nitrogens with zero attached hydrogens (tertiary/aromatic N) is 3. The van der Waals surface area contributed by atoms with Crippen molar-refractivity contribution in [3.8, 4) is 11.5 Å². The Hall–Kier alpha value is -1.66. The predicted molar refractivity (Wildman–Crippen MR) is 74.9 cm³/mol. The summed E-state index contributed by atoms with van der Waals surface area (Å²) in [5, 5.41) is 14.5. The zero-order valence-corrected chi connectivity index (χ0v) is 12.1. The van der Waals surface area contributed by atoms with Crippen LogP contribution < -0.4 is 0 Å². The minimum Gasteiger partial charge on any atom is -0.334 e. The van der Waals surface area contributed by atoms with E-state index in [0.29, 0.717) is 11.4 Å². The second kappa shape index (κ2) is 6.19. The number of halogens is 2. The Kier molecular flexibility index (Phi) is 4.57. The molecule has 0 spiro atoms. The first kappa shape index (κ1) is 14.7. The molecule has 1 atom stereocenters. The number of aromatic nitrogens is 2. The summed E-state index contributed by atoms with van der Waals surface area (Å²) < 4.78 is 5.08. The van der Waals surface area contributed by atoms with Crippen molar-refractivity contribution < 1.29 is 9.45 Å².